The molecule has 1 aliphatic heterocycles. The van der Waals surface area contributed by atoms with Gasteiger partial charge in [-0.15, -0.1) is 0 Å². The van der Waals surface area contributed by atoms with Crippen LogP contribution in [0.3, 0.4) is 0 Å². The molecule has 10 aromatic rings. The molecule has 0 N–H and O–H groups in total. The van der Waals surface area contributed by atoms with Gasteiger partial charge in [-0.1, -0.05) is 220 Å². The second-order valence-corrected chi connectivity index (χ2v) is 18.7. The van der Waals surface area contributed by atoms with E-state index in [-0.39, 0.29) is 5.41 Å². The van der Waals surface area contributed by atoms with E-state index in [4.69, 9.17) is 0 Å². The van der Waals surface area contributed by atoms with E-state index in [9.17, 15) is 0 Å². The number of benzene rings is 10. The predicted octanol–water partition coefficient (Wildman–Crippen LogP) is 16.8. The van der Waals surface area contributed by atoms with Gasteiger partial charge < -0.3 is 4.90 Å². The maximum absolute atomic E-state index is 2.43. The van der Waals surface area contributed by atoms with Crippen molar-refractivity contribution in [2.24, 2.45) is 0 Å². The van der Waals surface area contributed by atoms with Crippen molar-refractivity contribution >= 4 is 39.6 Å². The third kappa shape index (κ3) is 5.94. The third-order valence-electron chi connectivity index (χ3n) is 13.8. The van der Waals surface area contributed by atoms with E-state index in [0.717, 1.165) is 17.1 Å². The molecule has 1 aliphatic carbocycles. The number of fused-ring (bicyclic) bond motifs is 10. The van der Waals surface area contributed by atoms with Crippen molar-refractivity contribution in [2.45, 2.75) is 34.5 Å². The van der Waals surface area contributed by atoms with E-state index in [1.54, 1.807) is 0 Å². The van der Waals surface area contributed by atoms with E-state index in [2.05, 4.69) is 255 Å². The summed E-state index contributed by atoms with van der Waals surface area (Å²) < 4.78 is 0. The molecule has 2 aliphatic rings. The number of hydrogen-bond donors (Lipinski definition) is 0. The second kappa shape index (κ2) is 15.2. The molecule has 2 heteroatoms. The summed E-state index contributed by atoms with van der Waals surface area (Å²) in [6, 6.07) is 87.6. The van der Waals surface area contributed by atoms with Gasteiger partial charge in [-0.3, -0.25) is 0 Å². The Bertz CT molecular complexity index is 3270. The fourth-order valence-corrected chi connectivity index (χ4v) is 12.2. The van der Waals surface area contributed by atoms with Crippen LogP contribution < -0.4 is 4.90 Å². The standard InChI is InChI=1S/C62H45NS/c1-61(2)53-23-11-12-24-54(53)62(55-25-13-14-27-58(55)64-60-52-21-10-9-20-46(52)34-41-57(60)62)56-26-15-22-51(59(56)61)47-32-39-50(40-33-47)63(48-35-28-44(29-36-48)42-16-5-3-6-17-42)49-37-30-45(31-38-49)43-18-7-4-8-19-43/h3-41H,1-2H3. The van der Waals surface area contributed by atoms with Crippen molar-refractivity contribution in [3.05, 3.63) is 270 Å². The molecule has 1 heterocycles. The van der Waals surface area contributed by atoms with Crippen molar-refractivity contribution in [3.63, 3.8) is 0 Å². The van der Waals surface area contributed by atoms with E-state index in [0.29, 0.717) is 0 Å². The van der Waals surface area contributed by atoms with Crippen LogP contribution in [0.15, 0.2) is 246 Å². The average Bonchev–Trinajstić information content (AvgIpc) is 3.36. The maximum atomic E-state index is 2.43. The van der Waals surface area contributed by atoms with Gasteiger partial charge in [0, 0.05) is 32.3 Å². The minimum Gasteiger partial charge on any atom is -0.311 e. The normalized spacial score (nSPS) is 15.5. The summed E-state index contributed by atoms with van der Waals surface area (Å²) in [6.07, 6.45) is 0. The molecule has 1 spiro atoms. The second-order valence-electron chi connectivity index (χ2n) is 17.6. The van der Waals surface area contributed by atoms with Gasteiger partial charge >= 0.3 is 0 Å². The number of rotatable bonds is 6. The van der Waals surface area contributed by atoms with Crippen LogP contribution in [0.1, 0.15) is 47.2 Å². The highest BCUT2D eigenvalue weighted by Gasteiger charge is 2.53. The Labute approximate surface area is 380 Å². The molecular formula is C62H45NS. The maximum Gasteiger partial charge on any atom is 0.0729 e. The monoisotopic (exact) mass is 835 g/mol. The molecule has 0 amide bonds. The first kappa shape index (κ1) is 38.3. The summed E-state index contributed by atoms with van der Waals surface area (Å²) in [6.45, 7) is 4.86. The van der Waals surface area contributed by atoms with Gasteiger partial charge in [-0.2, -0.15) is 0 Å². The summed E-state index contributed by atoms with van der Waals surface area (Å²) in [5, 5.41) is 2.58. The van der Waals surface area contributed by atoms with Crippen molar-refractivity contribution in [3.8, 4) is 33.4 Å². The SMILES string of the molecule is CC1(C)c2ccccc2C2(c3ccccc3Sc3c2ccc2ccccc32)c2cccc(-c3ccc(N(c4ccc(-c5ccccc5)cc4)c4ccc(-c5ccccc5)cc4)cc3)c21. The zero-order valence-corrected chi connectivity index (χ0v) is 36.7. The molecule has 0 saturated carbocycles. The first-order valence-corrected chi connectivity index (χ1v) is 23.1. The van der Waals surface area contributed by atoms with Gasteiger partial charge in [0.25, 0.3) is 0 Å². The lowest BCUT2D eigenvalue weighted by atomic mass is 9.53. The fraction of sp³-hybridized carbons (Fsp3) is 0.0645. The van der Waals surface area contributed by atoms with Crippen molar-refractivity contribution in [1.29, 1.82) is 0 Å². The molecule has 0 radical (unpaired) electrons. The topological polar surface area (TPSA) is 3.24 Å². The van der Waals surface area contributed by atoms with E-state index in [1.165, 1.54) is 87.3 Å². The van der Waals surface area contributed by atoms with E-state index >= 15 is 0 Å². The Kier molecular flexibility index (Phi) is 9.07. The average molecular weight is 836 g/mol. The number of anilines is 3. The van der Waals surface area contributed by atoms with Gasteiger partial charge in [0.1, 0.15) is 0 Å². The van der Waals surface area contributed by atoms with E-state index in [1.807, 2.05) is 11.8 Å². The molecule has 1 unspecified atom stereocenters. The van der Waals surface area contributed by atoms with Crippen molar-refractivity contribution < 1.29 is 0 Å². The summed E-state index contributed by atoms with van der Waals surface area (Å²) >= 11 is 1.92. The summed E-state index contributed by atoms with van der Waals surface area (Å²) in [5.74, 6) is 0. The molecule has 0 aromatic heterocycles. The molecule has 0 bridgehead atoms. The van der Waals surface area contributed by atoms with Gasteiger partial charge in [0.05, 0.1) is 5.41 Å². The molecule has 1 atom stereocenters. The highest BCUT2D eigenvalue weighted by Crippen LogP contribution is 2.63. The Balaban J connectivity index is 1.03. The predicted molar refractivity (Wildman–Crippen MR) is 269 cm³/mol. The Hall–Kier alpha value is -7.39. The minimum absolute atomic E-state index is 0.282. The summed E-state index contributed by atoms with van der Waals surface area (Å²) in [5.41, 5.74) is 18.0. The van der Waals surface area contributed by atoms with Crippen LogP contribution in [-0.4, -0.2) is 0 Å². The Morgan fingerprint density at radius 2 is 0.828 bits per heavy atom. The quantitative estimate of drug-likeness (QED) is 0.164. The Morgan fingerprint density at radius 3 is 1.45 bits per heavy atom. The van der Waals surface area contributed by atoms with Crippen molar-refractivity contribution in [1.82, 2.24) is 0 Å². The summed E-state index contributed by atoms with van der Waals surface area (Å²) in [4.78, 5) is 5.04. The van der Waals surface area contributed by atoms with Gasteiger partial charge in [0.2, 0.25) is 0 Å². The number of nitrogens with zero attached hydrogens (tertiary/aromatic N) is 1. The van der Waals surface area contributed by atoms with E-state index < -0.39 is 5.41 Å². The van der Waals surface area contributed by atoms with Crippen LogP contribution in [0.25, 0.3) is 44.2 Å². The lowest BCUT2D eigenvalue weighted by Crippen LogP contribution is -2.43. The lowest BCUT2D eigenvalue weighted by molar-refractivity contribution is 0.551. The zero-order valence-electron chi connectivity index (χ0n) is 35.9. The molecule has 12 rings (SSSR count). The molecule has 0 saturated heterocycles. The minimum atomic E-state index is -0.507. The molecule has 304 valence electrons. The zero-order chi connectivity index (χ0) is 42.8. The molecule has 1 nitrogen and oxygen atoms in total. The number of hydrogen-bond acceptors (Lipinski definition) is 2. The summed E-state index contributed by atoms with van der Waals surface area (Å²) in [7, 11) is 0. The molecular weight excluding hydrogens is 791 g/mol. The third-order valence-corrected chi connectivity index (χ3v) is 15.0. The van der Waals surface area contributed by atoms with Crippen LogP contribution in [-0.2, 0) is 10.8 Å². The molecule has 64 heavy (non-hydrogen) atoms. The van der Waals surface area contributed by atoms with Crippen molar-refractivity contribution in [2.75, 3.05) is 4.90 Å². The van der Waals surface area contributed by atoms with Crippen LogP contribution in [0, 0.1) is 0 Å². The first-order chi connectivity index (χ1) is 31.5. The van der Waals surface area contributed by atoms with Crippen LogP contribution in [0.5, 0.6) is 0 Å². The van der Waals surface area contributed by atoms with Gasteiger partial charge in [-0.05, 0) is 120 Å². The van der Waals surface area contributed by atoms with Crippen LogP contribution in [0.2, 0.25) is 0 Å². The largest absolute Gasteiger partial charge is 0.311 e. The smallest absolute Gasteiger partial charge is 0.0729 e. The first-order valence-electron chi connectivity index (χ1n) is 22.3. The van der Waals surface area contributed by atoms with Crippen LogP contribution in [0.4, 0.5) is 17.1 Å². The van der Waals surface area contributed by atoms with Gasteiger partial charge in [0.15, 0.2) is 0 Å². The van der Waals surface area contributed by atoms with Crippen LogP contribution >= 0.6 is 11.8 Å². The van der Waals surface area contributed by atoms with Gasteiger partial charge in [-0.25, -0.2) is 0 Å². The fourth-order valence-electron chi connectivity index (χ4n) is 10.9. The molecule has 0 fully saturated rings. The highest BCUT2D eigenvalue weighted by atomic mass is 32.2. The molecule has 10 aromatic carbocycles. The lowest BCUT2D eigenvalue weighted by Gasteiger charge is -2.51. The Morgan fingerprint density at radius 1 is 0.344 bits per heavy atom. The highest BCUT2D eigenvalue weighted by molar-refractivity contribution is 7.99.